The number of carbonyl (C=O) groups excluding carboxylic acids is 1. The molecule has 0 unspecified atom stereocenters. The number of nitrogens with zero attached hydrogens (tertiary/aromatic N) is 4. The molecule has 3 heterocycles. The highest BCUT2D eigenvalue weighted by atomic mass is 32.1. The Balaban J connectivity index is 1.23. The van der Waals surface area contributed by atoms with Crippen molar-refractivity contribution in [3.8, 4) is 0 Å². The van der Waals surface area contributed by atoms with Crippen LogP contribution in [0.25, 0.3) is 0 Å². The molecule has 1 fully saturated rings. The van der Waals surface area contributed by atoms with E-state index in [2.05, 4.69) is 52.7 Å². The van der Waals surface area contributed by atoms with Gasteiger partial charge in [0, 0.05) is 81.1 Å². The number of hydrogen-bond donors (Lipinski definition) is 2. The Hall–Kier alpha value is -3.69. The quantitative estimate of drug-likeness (QED) is 0.354. The molecule has 0 aliphatic carbocycles. The zero-order valence-corrected chi connectivity index (χ0v) is 22.5. The van der Waals surface area contributed by atoms with Gasteiger partial charge < -0.3 is 25.3 Å². The number of aromatic nitrogens is 1. The first-order valence-corrected chi connectivity index (χ1v) is 13.8. The number of benzene rings is 2. The van der Waals surface area contributed by atoms with Crippen LogP contribution in [-0.2, 0) is 24.1 Å². The van der Waals surface area contributed by atoms with Crippen molar-refractivity contribution in [2.45, 2.75) is 25.8 Å². The van der Waals surface area contributed by atoms with Crippen molar-refractivity contribution in [1.82, 2.24) is 9.88 Å². The highest BCUT2D eigenvalue weighted by molar-refractivity contribution is 7.15. The van der Waals surface area contributed by atoms with E-state index in [0.29, 0.717) is 13.2 Å². The molecule has 8 nitrogen and oxygen atoms in total. The number of carbonyl (C=O) groups is 1. The van der Waals surface area contributed by atoms with E-state index in [1.54, 1.807) is 30.7 Å². The minimum Gasteiger partial charge on any atom is -0.383 e. The summed E-state index contributed by atoms with van der Waals surface area (Å²) in [5.74, 6) is 0. The Morgan fingerprint density at radius 1 is 1.13 bits per heavy atom. The molecule has 198 valence electrons. The number of allylic oxidation sites excluding steroid dienone is 1. The number of thiazole rings is 1. The van der Waals surface area contributed by atoms with Crippen molar-refractivity contribution in [2.24, 2.45) is 0 Å². The zero-order valence-electron chi connectivity index (χ0n) is 21.7. The second-order valence-corrected chi connectivity index (χ2v) is 10.6. The first-order chi connectivity index (χ1) is 18.6. The van der Waals surface area contributed by atoms with Crippen molar-refractivity contribution in [3.63, 3.8) is 0 Å². The molecule has 0 bridgehead atoms. The third-order valence-electron chi connectivity index (χ3n) is 6.98. The maximum atomic E-state index is 13.1. The first-order valence-electron chi connectivity index (χ1n) is 13.0. The molecule has 2 amide bonds. The van der Waals surface area contributed by atoms with Gasteiger partial charge in [-0.1, -0.05) is 18.2 Å². The molecule has 9 heteroatoms. The number of rotatable bonds is 10. The largest absolute Gasteiger partial charge is 0.383 e. The van der Waals surface area contributed by atoms with Gasteiger partial charge in [-0.25, -0.2) is 9.78 Å². The van der Waals surface area contributed by atoms with Gasteiger partial charge in [-0.15, -0.1) is 11.3 Å². The number of anilines is 3. The van der Waals surface area contributed by atoms with Gasteiger partial charge in [-0.3, -0.25) is 4.90 Å². The van der Waals surface area contributed by atoms with Gasteiger partial charge in [-0.2, -0.15) is 0 Å². The lowest BCUT2D eigenvalue weighted by molar-refractivity contribution is 0.146. The predicted molar refractivity (Wildman–Crippen MR) is 155 cm³/mol. The van der Waals surface area contributed by atoms with Crippen LogP contribution in [0.15, 0.2) is 60.9 Å². The average Bonchev–Trinajstić information content (AvgIpc) is 3.41. The topological polar surface area (TPSA) is 84.8 Å². The molecule has 5 rings (SSSR count). The molecule has 0 saturated carbocycles. The fourth-order valence-electron chi connectivity index (χ4n) is 4.94. The molecular formula is C29H34N6O2S. The van der Waals surface area contributed by atoms with E-state index >= 15 is 0 Å². The van der Waals surface area contributed by atoms with Crippen molar-refractivity contribution in [2.75, 3.05) is 55.0 Å². The number of ether oxygens (including phenoxy) is 1. The van der Waals surface area contributed by atoms with Crippen LogP contribution in [0.5, 0.6) is 0 Å². The molecular weight excluding hydrogens is 496 g/mol. The molecule has 1 saturated heterocycles. The normalized spacial score (nSPS) is 15.7. The summed E-state index contributed by atoms with van der Waals surface area (Å²) in [7, 11) is 1.67. The lowest BCUT2D eigenvalue weighted by atomic mass is 9.99. The van der Waals surface area contributed by atoms with Gasteiger partial charge in [-0.05, 0) is 59.9 Å². The van der Waals surface area contributed by atoms with Crippen LogP contribution >= 0.6 is 11.3 Å². The third-order valence-corrected chi connectivity index (χ3v) is 8.04. The van der Waals surface area contributed by atoms with Crippen LogP contribution in [0.3, 0.4) is 0 Å². The fourth-order valence-corrected chi connectivity index (χ4v) is 5.91. The van der Waals surface area contributed by atoms with Crippen molar-refractivity contribution >= 4 is 40.1 Å². The van der Waals surface area contributed by atoms with Gasteiger partial charge in [0.2, 0.25) is 0 Å². The summed E-state index contributed by atoms with van der Waals surface area (Å²) in [6, 6.07) is 14.9. The van der Waals surface area contributed by atoms with Gasteiger partial charge in [0.05, 0.1) is 6.61 Å². The van der Waals surface area contributed by atoms with E-state index in [0.717, 1.165) is 61.9 Å². The molecule has 3 aromatic rings. The minimum atomic E-state index is 0.0668. The highest BCUT2D eigenvalue weighted by Crippen LogP contribution is 2.32. The Kier molecular flexibility index (Phi) is 8.35. The van der Waals surface area contributed by atoms with Gasteiger partial charge >= 0.3 is 6.03 Å². The van der Waals surface area contributed by atoms with Crippen molar-refractivity contribution in [3.05, 3.63) is 82.5 Å². The smallest absolute Gasteiger partial charge is 0.324 e. The van der Waals surface area contributed by atoms with Crippen molar-refractivity contribution in [1.29, 1.82) is 5.41 Å². The summed E-state index contributed by atoms with van der Waals surface area (Å²) in [6.45, 7) is 4.46. The second-order valence-electron chi connectivity index (χ2n) is 9.55. The standard InChI is InChI=1S/C29H34N6O2S/c1-37-17-16-33-13-3-14-35(29(33)36)26-9-6-23-10-15-34(21-24(23)19-26)28-32-20-27(38-28)18-22-4-7-25(8-5-22)31-12-2-11-30/h2,4-9,11-12,19-20,30-31H,3,10,13-18,21H2,1H3/b12-2-,30-11?. The van der Waals surface area contributed by atoms with Crippen LogP contribution < -0.4 is 15.1 Å². The SMILES string of the molecule is COCCN1CCCN(c2ccc3c(c2)CN(c2ncc(Cc4ccc(N/C=C\C=N)cc4)s2)CC3)C1=O. The summed E-state index contributed by atoms with van der Waals surface area (Å²) < 4.78 is 5.18. The van der Waals surface area contributed by atoms with E-state index < -0.39 is 0 Å². The molecule has 0 radical (unpaired) electrons. The van der Waals surface area contributed by atoms with Crippen LogP contribution in [0.4, 0.5) is 21.3 Å². The van der Waals surface area contributed by atoms with E-state index in [1.807, 2.05) is 16.0 Å². The third kappa shape index (κ3) is 6.06. The lowest BCUT2D eigenvalue weighted by Crippen LogP contribution is -2.50. The number of fused-ring (bicyclic) bond motifs is 1. The predicted octanol–water partition coefficient (Wildman–Crippen LogP) is 5.15. The van der Waals surface area contributed by atoms with Crippen LogP contribution in [0.2, 0.25) is 0 Å². The highest BCUT2D eigenvalue weighted by Gasteiger charge is 2.28. The Labute approximate surface area is 228 Å². The van der Waals surface area contributed by atoms with E-state index in [-0.39, 0.29) is 6.03 Å². The van der Waals surface area contributed by atoms with Crippen LogP contribution in [0.1, 0.15) is 28.0 Å². The molecule has 0 spiro atoms. The number of hydrogen-bond acceptors (Lipinski definition) is 7. The molecule has 0 atom stereocenters. The van der Waals surface area contributed by atoms with Crippen LogP contribution in [-0.4, -0.2) is 62.0 Å². The minimum absolute atomic E-state index is 0.0668. The van der Waals surface area contributed by atoms with Crippen LogP contribution in [0, 0.1) is 5.41 Å². The summed E-state index contributed by atoms with van der Waals surface area (Å²) in [4.78, 5) is 25.2. The molecule has 38 heavy (non-hydrogen) atoms. The summed E-state index contributed by atoms with van der Waals surface area (Å²) in [6.07, 6.45) is 9.42. The monoisotopic (exact) mass is 530 g/mol. The number of urea groups is 1. The average molecular weight is 531 g/mol. The summed E-state index contributed by atoms with van der Waals surface area (Å²) in [5.41, 5.74) is 5.83. The number of methoxy groups -OCH3 is 1. The molecule has 2 aliphatic heterocycles. The van der Waals surface area contributed by atoms with Gasteiger partial charge in [0.1, 0.15) is 0 Å². The Bertz CT molecular complexity index is 1290. The molecule has 1 aromatic heterocycles. The van der Waals surface area contributed by atoms with Gasteiger partial charge in [0.15, 0.2) is 5.13 Å². The summed E-state index contributed by atoms with van der Waals surface area (Å²) in [5, 5.41) is 11.2. The molecule has 2 aromatic carbocycles. The van der Waals surface area contributed by atoms with E-state index in [1.165, 1.54) is 27.8 Å². The number of amides is 2. The Morgan fingerprint density at radius 2 is 2.00 bits per heavy atom. The second kappa shape index (κ2) is 12.2. The lowest BCUT2D eigenvalue weighted by Gasteiger charge is -2.36. The molecule has 2 aliphatic rings. The Morgan fingerprint density at radius 3 is 2.82 bits per heavy atom. The maximum Gasteiger partial charge on any atom is 0.324 e. The van der Waals surface area contributed by atoms with E-state index in [4.69, 9.17) is 15.1 Å². The maximum absolute atomic E-state index is 13.1. The molecule has 2 N–H and O–H groups in total. The van der Waals surface area contributed by atoms with Gasteiger partial charge in [0.25, 0.3) is 0 Å². The number of nitrogens with one attached hydrogen (secondary N) is 2. The van der Waals surface area contributed by atoms with Crippen molar-refractivity contribution < 1.29 is 9.53 Å². The fraction of sp³-hybridized carbons (Fsp3) is 0.345. The zero-order chi connectivity index (χ0) is 26.3. The summed E-state index contributed by atoms with van der Waals surface area (Å²) >= 11 is 1.75. The van der Waals surface area contributed by atoms with E-state index in [9.17, 15) is 4.79 Å². The first kappa shape index (κ1) is 25.9.